The normalized spacial score (nSPS) is 11.4. The molecular formula is C21H22O5. The predicted octanol–water partition coefficient (Wildman–Crippen LogP) is 3.43. The molecule has 0 saturated heterocycles. The van der Waals surface area contributed by atoms with E-state index in [4.69, 9.17) is 9.47 Å². The van der Waals surface area contributed by atoms with Gasteiger partial charge in [-0.1, -0.05) is 60.7 Å². The van der Waals surface area contributed by atoms with E-state index in [1.807, 2.05) is 30.3 Å². The molecule has 0 aliphatic heterocycles. The smallest absolute Gasteiger partial charge is 0.375 e. The first kappa shape index (κ1) is 19.4. The van der Waals surface area contributed by atoms with Gasteiger partial charge in [-0.25, -0.2) is 9.59 Å². The predicted molar refractivity (Wildman–Crippen MR) is 96.3 cm³/mol. The molecule has 0 amide bonds. The number of aryl methyl sites for hydroxylation is 1. The number of ketones is 1. The lowest BCUT2D eigenvalue weighted by Crippen LogP contribution is -2.26. The summed E-state index contributed by atoms with van der Waals surface area (Å²) < 4.78 is 10.1. The van der Waals surface area contributed by atoms with Crippen molar-refractivity contribution in [2.24, 2.45) is 0 Å². The Hall–Kier alpha value is -2.95. The molecule has 0 bridgehead atoms. The molecule has 0 heterocycles. The lowest BCUT2D eigenvalue weighted by atomic mass is 10.1. The van der Waals surface area contributed by atoms with Gasteiger partial charge in [-0.3, -0.25) is 4.79 Å². The molecule has 0 N–H and O–H groups in total. The molecule has 0 radical (unpaired) electrons. The molecule has 0 fully saturated rings. The van der Waals surface area contributed by atoms with Gasteiger partial charge in [0.05, 0.1) is 6.61 Å². The van der Waals surface area contributed by atoms with E-state index in [1.165, 1.54) is 0 Å². The van der Waals surface area contributed by atoms with Crippen LogP contribution in [-0.4, -0.2) is 24.3 Å². The maximum absolute atomic E-state index is 12.1. The van der Waals surface area contributed by atoms with Gasteiger partial charge in [0.2, 0.25) is 11.9 Å². The average molecular weight is 354 g/mol. The summed E-state index contributed by atoms with van der Waals surface area (Å²) >= 11 is 0. The van der Waals surface area contributed by atoms with Gasteiger partial charge in [-0.15, -0.1) is 0 Å². The van der Waals surface area contributed by atoms with Crippen molar-refractivity contribution < 1.29 is 23.9 Å². The molecule has 5 nitrogen and oxygen atoms in total. The van der Waals surface area contributed by atoms with Gasteiger partial charge in [-0.2, -0.15) is 0 Å². The van der Waals surface area contributed by atoms with Crippen LogP contribution < -0.4 is 0 Å². The van der Waals surface area contributed by atoms with Gasteiger partial charge in [0.15, 0.2) is 0 Å². The fourth-order valence-corrected chi connectivity index (χ4v) is 2.47. The summed E-state index contributed by atoms with van der Waals surface area (Å²) in [4.78, 5) is 36.2. The molecule has 2 aromatic rings. The molecule has 2 rings (SSSR count). The Morgan fingerprint density at radius 3 is 2.15 bits per heavy atom. The monoisotopic (exact) mass is 354 g/mol. The van der Waals surface area contributed by atoms with Gasteiger partial charge < -0.3 is 9.47 Å². The second-order valence-electron chi connectivity index (χ2n) is 5.71. The van der Waals surface area contributed by atoms with Crippen molar-refractivity contribution in [3.8, 4) is 0 Å². The van der Waals surface area contributed by atoms with E-state index in [0.717, 1.165) is 5.56 Å². The molecule has 1 atom stereocenters. The van der Waals surface area contributed by atoms with Crippen LogP contribution in [0.3, 0.4) is 0 Å². The number of hydrogen-bond acceptors (Lipinski definition) is 5. The standard InChI is InChI=1S/C21H22O5/c1-2-25-21(24)19(17-13-7-4-8-14-17)26-20(23)18(22)15-9-12-16-10-5-3-6-11-16/h3-8,10-11,13-14,19H,2,9,12,15H2,1H3. The molecule has 0 saturated carbocycles. The van der Waals surface area contributed by atoms with Crippen LogP contribution in [-0.2, 0) is 30.3 Å². The van der Waals surface area contributed by atoms with E-state index in [1.54, 1.807) is 37.3 Å². The zero-order valence-corrected chi connectivity index (χ0v) is 14.7. The molecule has 1 unspecified atom stereocenters. The number of Topliss-reactive ketones (excluding diaryl/α,β-unsaturated/α-hetero) is 1. The largest absolute Gasteiger partial charge is 0.463 e. The first-order valence-electron chi connectivity index (χ1n) is 8.61. The minimum atomic E-state index is -1.23. The van der Waals surface area contributed by atoms with Gasteiger partial charge >= 0.3 is 11.9 Å². The highest BCUT2D eigenvalue weighted by Crippen LogP contribution is 2.20. The van der Waals surface area contributed by atoms with Crippen molar-refractivity contribution in [2.75, 3.05) is 6.61 Å². The Balaban J connectivity index is 1.93. The molecule has 136 valence electrons. The van der Waals surface area contributed by atoms with Crippen LogP contribution >= 0.6 is 0 Å². The number of benzene rings is 2. The quantitative estimate of drug-likeness (QED) is 0.510. The lowest BCUT2D eigenvalue weighted by molar-refractivity contribution is -0.170. The highest BCUT2D eigenvalue weighted by atomic mass is 16.6. The van der Waals surface area contributed by atoms with E-state index < -0.39 is 23.8 Å². The summed E-state index contributed by atoms with van der Waals surface area (Å²) in [5, 5.41) is 0. The number of carbonyl (C=O) groups excluding carboxylic acids is 3. The molecule has 26 heavy (non-hydrogen) atoms. The van der Waals surface area contributed by atoms with Gasteiger partial charge in [0.1, 0.15) is 0 Å². The Morgan fingerprint density at radius 1 is 0.923 bits per heavy atom. The topological polar surface area (TPSA) is 69.7 Å². The fraction of sp³-hybridized carbons (Fsp3) is 0.286. The SMILES string of the molecule is CCOC(=O)C(OC(=O)C(=O)CCCc1ccccc1)c1ccccc1. The second-order valence-corrected chi connectivity index (χ2v) is 5.71. The van der Waals surface area contributed by atoms with E-state index in [-0.39, 0.29) is 13.0 Å². The molecule has 0 aliphatic rings. The van der Waals surface area contributed by atoms with E-state index in [9.17, 15) is 14.4 Å². The van der Waals surface area contributed by atoms with Crippen LogP contribution in [0.5, 0.6) is 0 Å². The third-order valence-electron chi connectivity index (χ3n) is 3.77. The Bertz CT molecular complexity index is 725. The molecule has 5 heteroatoms. The summed E-state index contributed by atoms with van der Waals surface area (Å²) in [5.41, 5.74) is 1.57. The van der Waals surface area contributed by atoms with E-state index >= 15 is 0 Å². The van der Waals surface area contributed by atoms with Crippen LogP contribution in [0.1, 0.15) is 37.0 Å². The molecule has 0 spiro atoms. The summed E-state index contributed by atoms with van der Waals surface area (Å²) in [6, 6.07) is 18.2. The molecular weight excluding hydrogens is 332 g/mol. The number of ether oxygens (including phenoxy) is 2. The van der Waals surface area contributed by atoms with Crippen molar-refractivity contribution >= 4 is 17.7 Å². The lowest BCUT2D eigenvalue weighted by Gasteiger charge is -2.16. The van der Waals surface area contributed by atoms with Gasteiger partial charge in [0.25, 0.3) is 0 Å². The highest BCUT2D eigenvalue weighted by molar-refractivity contribution is 6.33. The fourth-order valence-electron chi connectivity index (χ4n) is 2.47. The third kappa shape index (κ3) is 5.84. The second kappa shape index (κ2) is 10.1. The minimum absolute atomic E-state index is 0.0675. The highest BCUT2D eigenvalue weighted by Gasteiger charge is 2.28. The maximum Gasteiger partial charge on any atom is 0.375 e. The summed E-state index contributed by atoms with van der Waals surface area (Å²) in [6.45, 7) is 1.82. The molecule has 0 aliphatic carbocycles. The molecule has 0 aromatic heterocycles. The summed E-state index contributed by atoms with van der Waals surface area (Å²) in [7, 11) is 0. The summed E-state index contributed by atoms with van der Waals surface area (Å²) in [6.07, 6.45) is 0.0624. The Morgan fingerprint density at radius 2 is 1.54 bits per heavy atom. The first-order valence-corrected chi connectivity index (χ1v) is 8.61. The van der Waals surface area contributed by atoms with Gasteiger partial charge in [0, 0.05) is 12.0 Å². The summed E-state index contributed by atoms with van der Waals surface area (Å²) in [5.74, 6) is -2.35. The van der Waals surface area contributed by atoms with Crippen molar-refractivity contribution in [1.82, 2.24) is 0 Å². The first-order chi connectivity index (χ1) is 12.6. The van der Waals surface area contributed by atoms with Crippen molar-refractivity contribution in [3.05, 3.63) is 71.8 Å². The number of hydrogen-bond donors (Lipinski definition) is 0. The van der Waals surface area contributed by atoms with Crippen molar-refractivity contribution in [3.63, 3.8) is 0 Å². The van der Waals surface area contributed by atoms with Crippen molar-refractivity contribution in [2.45, 2.75) is 32.3 Å². The third-order valence-corrected chi connectivity index (χ3v) is 3.77. The zero-order valence-electron chi connectivity index (χ0n) is 14.7. The molecule has 2 aromatic carbocycles. The Labute approximate surface area is 152 Å². The van der Waals surface area contributed by atoms with Crippen LogP contribution in [0.25, 0.3) is 0 Å². The Kier molecular flexibility index (Phi) is 7.55. The zero-order chi connectivity index (χ0) is 18.8. The van der Waals surface area contributed by atoms with Crippen molar-refractivity contribution in [1.29, 1.82) is 0 Å². The number of rotatable bonds is 9. The van der Waals surface area contributed by atoms with E-state index in [2.05, 4.69) is 0 Å². The van der Waals surface area contributed by atoms with Gasteiger partial charge in [-0.05, 0) is 25.3 Å². The maximum atomic E-state index is 12.1. The van der Waals surface area contributed by atoms with Crippen LogP contribution in [0.15, 0.2) is 60.7 Å². The number of esters is 2. The van der Waals surface area contributed by atoms with Crippen LogP contribution in [0, 0.1) is 0 Å². The van der Waals surface area contributed by atoms with E-state index in [0.29, 0.717) is 18.4 Å². The number of carbonyl (C=O) groups is 3. The minimum Gasteiger partial charge on any atom is -0.463 e. The average Bonchev–Trinajstić information content (AvgIpc) is 2.67. The van der Waals surface area contributed by atoms with Crippen LogP contribution in [0.4, 0.5) is 0 Å². The van der Waals surface area contributed by atoms with Crippen LogP contribution in [0.2, 0.25) is 0 Å².